The van der Waals surface area contributed by atoms with Crippen LogP contribution in [0.2, 0.25) is 0 Å². The summed E-state index contributed by atoms with van der Waals surface area (Å²) in [5, 5.41) is 22.8. The maximum Gasteiger partial charge on any atom is 0.430 e. The quantitative estimate of drug-likeness (QED) is 0.217. The number of aromatic amines is 1. The number of alkyl halides is 6. The molecule has 0 radical (unpaired) electrons. The Hall–Kier alpha value is -3.61. The van der Waals surface area contributed by atoms with Gasteiger partial charge in [0.1, 0.15) is 5.82 Å². The van der Waals surface area contributed by atoms with E-state index in [9.17, 15) is 31.4 Å². The first kappa shape index (κ1) is 28.0. The summed E-state index contributed by atoms with van der Waals surface area (Å²) in [6, 6.07) is 9.48. The van der Waals surface area contributed by atoms with Gasteiger partial charge in [-0.05, 0) is 56.0 Å². The Kier molecular flexibility index (Phi) is 7.86. The number of hydrogen-bond donors (Lipinski definition) is 4. The zero-order valence-electron chi connectivity index (χ0n) is 20.0. The molecule has 1 aliphatic heterocycles. The van der Waals surface area contributed by atoms with Crippen molar-refractivity contribution in [3.8, 4) is 11.4 Å². The maximum atomic E-state index is 13.1. The second-order valence-corrected chi connectivity index (χ2v) is 8.70. The number of nitrogens with one attached hydrogen (secondary N) is 2. The topological polar surface area (TPSA) is 115 Å². The molecular formula is C24H26F6N6O. The number of aryl methyl sites for hydroxylation is 2. The third-order valence-corrected chi connectivity index (χ3v) is 5.72. The van der Waals surface area contributed by atoms with Crippen LogP contribution in [0.1, 0.15) is 35.9 Å². The summed E-state index contributed by atoms with van der Waals surface area (Å²) >= 11 is 0. The molecule has 0 aliphatic carbocycles. The number of amidine groups is 1. The highest BCUT2D eigenvalue weighted by Crippen LogP contribution is 2.50. The van der Waals surface area contributed by atoms with E-state index in [2.05, 4.69) is 15.2 Å². The lowest BCUT2D eigenvalue weighted by atomic mass is 9.91. The molecule has 0 bridgehead atoms. The summed E-state index contributed by atoms with van der Waals surface area (Å²) in [5.74, 6) is 1.43. The lowest BCUT2D eigenvalue weighted by Gasteiger charge is -2.33. The van der Waals surface area contributed by atoms with Crippen LogP contribution in [-0.4, -0.2) is 45.0 Å². The Morgan fingerprint density at radius 1 is 1.08 bits per heavy atom. The first-order chi connectivity index (χ1) is 17.1. The minimum absolute atomic E-state index is 0.167. The minimum atomic E-state index is -5.90. The smallest absolute Gasteiger partial charge is 0.388 e. The first-order valence-electron chi connectivity index (χ1n) is 11.2. The molecule has 1 aromatic heterocycles. The van der Waals surface area contributed by atoms with Crippen LogP contribution in [0.5, 0.6) is 0 Å². The van der Waals surface area contributed by atoms with Crippen molar-refractivity contribution in [2.24, 2.45) is 5.73 Å². The number of fused-ring (bicyclic) bond motifs is 1. The van der Waals surface area contributed by atoms with Gasteiger partial charge in [-0.2, -0.15) is 31.4 Å². The van der Waals surface area contributed by atoms with E-state index in [1.165, 1.54) is 19.1 Å². The van der Waals surface area contributed by atoms with Gasteiger partial charge < -0.3 is 15.7 Å². The number of halogens is 6. The van der Waals surface area contributed by atoms with E-state index in [0.29, 0.717) is 42.4 Å². The molecule has 200 valence electrons. The molecule has 2 heterocycles. The zero-order chi connectivity index (χ0) is 27.6. The van der Waals surface area contributed by atoms with Crippen LogP contribution in [0.4, 0.5) is 32.0 Å². The third-order valence-electron chi connectivity index (χ3n) is 5.72. The van der Waals surface area contributed by atoms with Crippen molar-refractivity contribution < 1.29 is 31.4 Å². The van der Waals surface area contributed by atoms with Crippen molar-refractivity contribution in [2.45, 2.75) is 51.2 Å². The molecule has 13 heteroatoms. The van der Waals surface area contributed by atoms with E-state index in [0.717, 1.165) is 29.7 Å². The van der Waals surface area contributed by atoms with Crippen LogP contribution >= 0.6 is 0 Å². The second-order valence-electron chi connectivity index (χ2n) is 8.70. The van der Waals surface area contributed by atoms with Gasteiger partial charge in [-0.1, -0.05) is 24.3 Å². The molecule has 0 spiro atoms. The van der Waals surface area contributed by atoms with Crippen LogP contribution in [0, 0.1) is 12.3 Å². The van der Waals surface area contributed by atoms with Gasteiger partial charge in [-0.3, -0.25) is 10.5 Å². The van der Waals surface area contributed by atoms with Gasteiger partial charge >= 0.3 is 12.4 Å². The number of nitrogens with two attached hydrogens (primary N) is 1. The molecule has 0 saturated heterocycles. The van der Waals surface area contributed by atoms with Crippen LogP contribution in [-0.2, 0) is 18.6 Å². The number of benzene rings is 2. The number of hydrogen-bond acceptors (Lipinski definition) is 5. The van der Waals surface area contributed by atoms with Gasteiger partial charge in [0.25, 0.3) is 5.60 Å². The number of nitrogens with zero attached hydrogens (tertiary/aromatic N) is 3. The predicted octanol–water partition coefficient (Wildman–Crippen LogP) is 4.99. The monoisotopic (exact) mass is 528 g/mol. The molecule has 0 atom stereocenters. The van der Waals surface area contributed by atoms with E-state index in [1.807, 2.05) is 23.1 Å². The molecule has 4 rings (SSSR count). The number of anilines is 1. The fourth-order valence-electron chi connectivity index (χ4n) is 4.01. The van der Waals surface area contributed by atoms with E-state index >= 15 is 0 Å². The van der Waals surface area contributed by atoms with Crippen molar-refractivity contribution in [1.29, 1.82) is 5.41 Å². The van der Waals surface area contributed by atoms with Gasteiger partial charge in [0.2, 0.25) is 0 Å². The van der Waals surface area contributed by atoms with Gasteiger partial charge in [0.15, 0.2) is 5.82 Å². The minimum Gasteiger partial charge on any atom is -0.388 e. The van der Waals surface area contributed by atoms with Crippen molar-refractivity contribution in [2.75, 3.05) is 11.4 Å². The van der Waals surface area contributed by atoms with Crippen molar-refractivity contribution in [3.63, 3.8) is 0 Å². The molecule has 3 aromatic rings. The summed E-state index contributed by atoms with van der Waals surface area (Å²) in [6.07, 6.45) is -10.1. The highest BCUT2D eigenvalue weighted by Gasteiger charge is 2.71. The summed E-state index contributed by atoms with van der Waals surface area (Å²) in [6.45, 7) is 4.30. The second kappa shape index (κ2) is 10.4. The SMILES string of the molecule is CC(=N)N.Cc1nc(-c2ccc3c(c2)CCCN3Cc2ccc(C(O)(C(F)(F)F)C(F)(F)F)cc2)n[nH]1. The standard InChI is InChI=1S/C22H20F6N4O.C2H6N2/c1-13-29-19(31-30-13)16-6-9-18-15(11-16)3-2-10-32(18)12-14-4-7-17(8-5-14)20(33,21(23,24)25)22(26,27)28;1-2(3)4/h4-9,11,33H,2-3,10,12H2,1H3,(H,29,30,31);1H3,(H3,3,4). The first-order valence-corrected chi connectivity index (χ1v) is 11.2. The van der Waals surface area contributed by atoms with Crippen molar-refractivity contribution >= 4 is 11.5 Å². The van der Waals surface area contributed by atoms with Crippen LogP contribution < -0.4 is 10.6 Å². The van der Waals surface area contributed by atoms with Gasteiger partial charge in [-0.25, -0.2) is 4.98 Å². The third kappa shape index (κ3) is 6.04. The molecule has 0 amide bonds. The molecular weight excluding hydrogens is 502 g/mol. The lowest BCUT2D eigenvalue weighted by molar-refractivity contribution is -0.376. The zero-order valence-corrected chi connectivity index (χ0v) is 20.0. The Labute approximate surface area is 208 Å². The molecule has 0 saturated carbocycles. The lowest BCUT2D eigenvalue weighted by Crippen LogP contribution is -2.53. The fourth-order valence-corrected chi connectivity index (χ4v) is 4.01. The Morgan fingerprint density at radius 3 is 2.19 bits per heavy atom. The maximum absolute atomic E-state index is 13.1. The van der Waals surface area contributed by atoms with Crippen molar-refractivity contribution in [3.05, 3.63) is 65.0 Å². The number of rotatable bonds is 4. The molecule has 5 N–H and O–H groups in total. The molecule has 0 unspecified atom stereocenters. The van der Waals surface area contributed by atoms with E-state index < -0.39 is 23.5 Å². The summed E-state index contributed by atoms with van der Waals surface area (Å²) in [7, 11) is 0. The van der Waals surface area contributed by atoms with Crippen LogP contribution in [0.3, 0.4) is 0 Å². The summed E-state index contributed by atoms with van der Waals surface area (Å²) < 4.78 is 78.6. The van der Waals surface area contributed by atoms with E-state index in [-0.39, 0.29) is 5.84 Å². The molecule has 7 nitrogen and oxygen atoms in total. The average molecular weight is 529 g/mol. The highest BCUT2D eigenvalue weighted by atomic mass is 19.4. The van der Waals surface area contributed by atoms with Gasteiger partial charge in [0.05, 0.1) is 5.84 Å². The summed E-state index contributed by atoms with van der Waals surface area (Å²) in [5.41, 5.74) is 1.86. The Balaban J connectivity index is 0.000000886. The number of aromatic nitrogens is 3. The molecule has 2 aromatic carbocycles. The molecule has 0 fully saturated rings. The van der Waals surface area contributed by atoms with Gasteiger partial charge in [-0.15, -0.1) is 0 Å². The highest BCUT2D eigenvalue weighted by molar-refractivity contribution is 5.73. The summed E-state index contributed by atoms with van der Waals surface area (Å²) in [4.78, 5) is 6.33. The average Bonchev–Trinajstić information content (AvgIpc) is 3.23. The fraction of sp³-hybridized carbons (Fsp3) is 0.375. The normalized spacial score (nSPS) is 14.0. The molecule has 1 aliphatic rings. The molecule has 37 heavy (non-hydrogen) atoms. The number of H-pyrrole nitrogens is 1. The van der Waals surface area contributed by atoms with Gasteiger partial charge in [0, 0.05) is 29.9 Å². The van der Waals surface area contributed by atoms with E-state index in [4.69, 9.17) is 11.1 Å². The van der Waals surface area contributed by atoms with Crippen LogP contribution in [0.25, 0.3) is 11.4 Å². The Bertz CT molecular complexity index is 1220. The number of aliphatic hydroxyl groups is 1. The van der Waals surface area contributed by atoms with E-state index in [1.54, 1.807) is 6.92 Å². The largest absolute Gasteiger partial charge is 0.430 e. The Morgan fingerprint density at radius 2 is 1.68 bits per heavy atom. The van der Waals surface area contributed by atoms with Crippen molar-refractivity contribution in [1.82, 2.24) is 15.2 Å². The van der Waals surface area contributed by atoms with Crippen LogP contribution in [0.15, 0.2) is 42.5 Å². The predicted molar refractivity (Wildman–Crippen MR) is 126 cm³/mol.